The molecule has 0 radical (unpaired) electrons. The molecule has 0 saturated heterocycles. The van der Waals surface area contributed by atoms with Gasteiger partial charge in [-0.1, -0.05) is 0 Å². The lowest BCUT2D eigenvalue weighted by molar-refractivity contribution is -0.634. The minimum Gasteiger partial charge on any atom is -0.286 e. The van der Waals surface area contributed by atoms with E-state index in [4.69, 9.17) is 4.55 Å². The first-order valence-corrected chi connectivity index (χ1v) is 8.84. The fourth-order valence-electron chi connectivity index (χ4n) is 1.85. The van der Waals surface area contributed by atoms with Crippen LogP contribution in [0.4, 0.5) is 0 Å². The van der Waals surface area contributed by atoms with E-state index in [9.17, 15) is 8.42 Å². The summed E-state index contributed by atoms with van der Waals surface area (Å²) < 4.78 is 34.8. The molecule has 0 saturated carbocycles. The van der Waals surface area contributed by atoms with Gasteiger partial charge in [0.25, 0.3) is 10.1 Å². The summed E-state index contributed by atoms with van der Waals surface area (Å²) in [5, 5.41) is 0. The molecule has 0 unspecified atom stereocenters. The predicted octanol–water partition coefficient (Wildman–Crippen LogP) is 2.45. The van der Waals surface area contributed by atoms with E-state index in [1.54, 1.807) is 22.9 Å². The summed E-state index contributed by atoms with van der Waals surface area (Å²) in [5.41, 5.74) is 2.50. The van der Waals surface area contributed by atoms with Crippen LogP contribution in [0.3, 0.4) is 0 Å². The van der Waals surface area contributed by atoms with Crippen LogP contribution < -0.4 is 3.96 Å². The quantitative estimate of drug-likeness (QED) is 0.697. The van der Waals surface area contributed by atoms with Crippen molar-refractivity contribution in [2.75, 3.05) is 5.75 Å². The summed E-state index contributed by atoms with van der Waals surface area (Å²) in [6, 6.07) is 0. The molecule has 2 aromatic heterocycles. The van der Waals surface area contributed by atoms with Gasteiger partial charge in [0, 0.05) is 18.2 Å². The molecule has 0 amide bonds. The number of aromatic nitrogens is 1. The summed E-state index contributed by atoms with van der Waals surface area (Å²) in [6.07, 6.45) is 0.441. The summed E-state index contributed by atoms with van der Waals surface area (Å²) in [4.78, 5) is 1.34. The van der Waals surface area contributed by atoms with Gasteiger partial charge in [0.05, 0.1) is 5.75 Å². The zero-order valence-electron chi connectivity index (χ0n) is 10.6. The van der Waals surface area contributed by atoms with E-state index in [-0.39, 0.29) is 5.75 Å². The molecule has 2 heterocycles. The number of fused-ring (bicyclic) bond motifs is 1. The topological polar surface area (TPSA) is 58.2 Å². The van der Waals surface area contributed by atoms with E-state index < -0.39 is 10.1 Å². The number of aryl methyl sites for hydroxylation is 4. The zero-order valence-corrected chi connectivity index (χ0v) is 13.0. The van der Waals surface area contributed by atoms with Gasteiger partial charge in [0.2, 0.25) is 5.69 Å². The van der Waals surface area contributed by atoms with Crippen molar-refractivity contribution in [3.8, 4) is 0 Å². The Hall–Kier alpha value is -0.500. The third-order valence-corrected chi connectivity index (χ3v) is 6.62. The van der Waals surface area contributed by atoms with E-state index in [0.29, 0.717) is 13.0 Å². The molecule has 2 rings (SSSR count). The molecule has 4 nitrogen and oxygen atoms in total. The second-order valence-electron chi connectivity index (χ2n) is 4.36. The van der Waals surface area contributed by atoms with Crippen LogP contribution in [0.5, 0.6) is 0 Å². The van der Waals surface area contributed by atoms with Crippen molar-refractivity contribution < 1.29 is 16.9 Å². The van der Waals surface area contributed by atoms with Crippen LogP contribution >= 0.6 is 22.9 Å². The van der Waals surface area contributed by atoms with E-state index in [1.165, 1.54) is 25.5 Å². The van der Waals surface area contributed by atoms with E-state index in [0.717, 1.165) is 0 Å². The van der Waals surface area contributed by atoms with Crippen molar-refractivity contribution in [1.29, 1.82) is 0 Å². The summed E-state index contributed by atoms with van der Waals surface area (Å²) in [5.74, 6) is -0.178. The number of thiophene rings is 1. The number of nitrogens with zero attached hydrogens (tertiary/aromatic N) is 1. The monoisotopic (exact) mass is 306 g/mol. The predicted molar refractivity (Wildman–Crippen MR) is 75.1 cm³/mol. The Labute approximate surface area is 115 Å². The van der Waals surface area contributed by atoms with Crippen molar-refractivity contribution in [3.63, 3.8) is 0 Å². The van der Waals surface area contributed by atoms with Crippen LogP contribution in [0.25, 0.3) is 9.40 Å². The second-order valence-corrected chi connectivity index (χ2v) is 8.19. The lowest BCUT2D eigenvalue weighted by Gasteiger charge is -1.94. The smallest absolute Gasteiger partial charge is 0.265 e. The summed E-state index contributed by atoms with van der Waals surface area (Å²) in [6.45, 7) is 6.93. The molecule has 0 bridgehead atoms. The molecule has 18 heavy (non-hydrogen) atoms. The molecule has 2 aromatic rings. The molecule has 0 aliphatic rings. The molecule has 0 aliphatic carbocycles. The van der Waals surface area contributed by atoms with Crippen LogP contribution in [0, 0.1) is 20.8 Å². The van der Waals surface area contributed by atoms with Crippen LogP contribution in [-0.2, 0) is 16.7 Å². The van der Waals surface area contributed by atoms with Crippen LogP contribution in [0.15, 0.2) is 0 Å². The van der Waals surface area contributed by atoms with E-state index in [1.807, 2.05) is 0 Å². The molecule has 100 valence electrons. The van der Waals surface area contributed by atoms with Gasteiger partial charge in [0.15, 0.2) is 6.54 Å². The van der Waals surface area contributed by atoms with Crippen LogP contribution in [-0.4, -0.2) is 18.7 Å². The normalized spacial score (nSPS) is 12.4. The second kappa shape index (κ2) is 4.88. The summed E-state index contributed by atoms with van der Waals surface area (Å²) >= 11 is 3.46. The highest BCUT2D eigenvalue weighted by Crippen LogP contribution is 2.34. The zero-order chi connectivity index (χ0) is 13.5. The van der Waals surface area contributed by atoms with Gasteiger partial charge < -0.3 is 0 Å². The van der Waals surface area contributed by atoms with E-state index >= 15 is 0 Å². The van der Waals surface area contributed by atoms with Crippen molar-refractivity contribution in [2.24, 2.45) is 0 Å². The first-order valence-electron chi connectivity index (χ1n) is 5.64. The van der Waals surface area contributed by atoms with Crippen molar-refractivity contribution >= 4 is 42.4 Å². The molecule has 0 spiro atoms. The summed E-state index contributed by atoms with van der Waals surface area (Å²) in [7, 11) is -3.84. The first-order chi connectivity index (χ1) is 8.29. The minimum absolute atomic E-state index is 0.178. The van der Waals surface area contributed by atoms with E-state index in [2.05, 4.69) is 24.7 Å². The largest absolute Gasteiger partial charge is 0.286 e. The van der Waals surface area contributed by atoms with Crippen LogP contribution in [0.2, 0.25) is 0 Å². The van der Waals surface area contributed by atoms with Crippen LogP contribution in [0.1, 0.15) is 22.6 Å². The van der Waals surface area contributed by atoms with Gasteiger partial charge >= 0.3 is 0 Å². The molecular formula is C11H16NO3S3+. The standard InChI is InChI=1S/C11H15NO3S3/c1-7-9(3)16-11-8(2)12(17-10(7)11)5-4-6-18(13,14)15/h4-6H2,1-3H3/p+1. The maximum absolute atomic E-state index is 10.7. The SMILES string of the molecule is Cc1sc2c(C)[n+](CCCS(=O)(=O)O)sc2c1C. The maximum atomic E-state index is 10.7. The van der Waals surface area contributed by atoms with Gasteiger partial charge in [-0.3, -0.25) is 4.55 Å². The number of rotatable bonds is 4. The Balaban J connectivity index is 2.22. The van der Waals surface area contributed by atoms with Crippen molar-refractivity contribution in [1.82, 2.24) is 0 Å². The fourth-order valence-corrected chi connectivity index (χ4v) is 4.96. The first kappa shape index (κ1) is 13.9. The van der Waals surface area contributed by atoms with Crippen molar-refractivity contribution in [3.05, 3.63) is 16.1 Å². The van der Waals surface area contributed by atoms with Gasteiger partial charge in [-0.15, -0.1) is 15.3 Å². The molecule has 1 N–H and O–H groups in total. The van der Waals surface area contributed by atoms with Crippen molar-refractivity contribution in [2.45, 2.75) is 33.7 Å². The third kappa shape index (κ3) is 2.74. The Morgan fingerprint density at radius 2 is 1.89 bits per heavy atom. The minimum atomic E-state index is -3.84. The molecule has 0 aliphatic heterocycles. The molecule has 7 heteroatoms. The Morgan fingerprint density at radius 3 is 2.44 bits per heavy atom. The lowest BCUT2D eigenvalue weighted by Crippen LogP contribution is -2.32. The molecule has 0 fully saturated rings. The number of hydrogen-bond donors (Lipinski definition) is 1. The highest BCUT2D eigenvalue weighted by molar-refractivity contribution is 7.85. The Morgan fingerprint density at radius 1 is 1.22 bits per heavy atom. The highest BCUT2D eigenvalue weighted by atomic mass is 32.2. The highest BCUT2D eigenvalue weighted by Gasteiger charge is 2.21. The average molecular weight is 306 g/mol. The molecule has 0 atom stereocenters. The Kier molecular flexibility index (Phi) is 3.77. The molecular weight excluding hydrogens is 290 g/mol. The van der Waals surface area contributed by atoms with Gasteiger partial charge in [-0.05, 0) is 19.4 Å². The maximum Gasteiger partial charge on any atom is 0.265 e. The lowest BCUT2D eigenvalue weighted by atomic mass is 10.3. The fraction of sp³-hybridized carbons (Fsp3) is 0.545. The van der Waals surface area contributed by atoms with Gasteiger partial charge in [0.1, 0.15) is 20.9 Å². The Bertz CT molecular complexity index is 682. The van der Waals surface area contributed by atoms with Gasteiger partial charge in [-0.2, -0.15) is 8.42 Å². The van der Waals surface area contributed by atoms with Gasteiger partial charge in [-0.25, -0.2) is 0 Å². The molecule has 0 aromatic carbocycles. The average Bonchev–Trinajstić information content (AvgIpc) is 2.68. The third-order valence-electron chi connectivity index (χ3n) is 3.00. The number of hydrogen-bond acceptors (Lipinski definition) is 4.